The van der Waals surface area contributed by atoms with Gasteiger partial charge in [0.1, 0.15) is 0 Å². The predicted molar refractivity (Wildman–Crippen MR) is 174 cm³/mol. The van der Waals surface area contributed by atoms with Gasteiger partial charge in [0.2, 0.25) is 0 Å². The Morgan fingerprint density at radius 1 is 0.400 bits per heavy atom. The third-order valence-electron chi connectivity index (χ3n) is 6.92. The first-order chi connectivity index (χ1) is 19.5. The molecule has 0 aromatic carbocycles. The van der Waals surface area contributed by atoms with Crippen molar-refractivity contribution >= 4 is 11.9 Å². The SMILES string of the molecule is CCCC/C=C/CCCCCCCCCCCCOC(C)=O.CCCCC/C=C/CCCCCCCOC(C)=O. The second-order valence-corrected chi connectivity index (χ2v) is 11.1. The maximum atomic E-state index is 10.6. The summed E-state index contributed by atoms with van der Waals surface area (Å²) in [5.41, 5.74) is 0. The van der Waals surface area contributed by atoms with E-state index in [0.717, 1.165) is 12.8 Å². The minimum absolute atomic E-state index is 0.156. The number of rotatable bonds is 28. The minimum Gasteiger partial charge on any atom is -0.466 e. The summed E-state index contributed by atoms with van der Waals surface area (Å²) in [5.74, 6) is -0.320. The highest BCUT2D eigenvalue weighted by Crippen LogP contribution is 2.12. The Bertz CT molecular complexity index is 567. The van der Waals surface area contributed by atoms with Crippen LogP contribution in [-0.4, -0.2) is 25.2 Å². The Kier molecular flexibility index (Phi) is 37.9. The van der Waals surface area contributed by atoms with Crippen LogP contribution in [0.15, 0.2) is 24.3 Å². The molecular weight excluding hydrogens is 496 g/mol. The molecule has 4 heteroatoms. The fourth-order valence-corrected chi connectivity index (χ4v) is 4.41. The summed E-state index contributed by atoms with van der Waals surface area (Å²) in [4.78, 5) is 21.1. The molecule has 0 aromatic heterocycles. The maximum absolute atomic E-state index is 10.6. The van der Waals surface area contributed by atoms with Crippen LogP contribution in [0.2, 0.25) is 0 Å². The fraction of sp³-hybridized carbons (Fsp3) is 0.833. The normalized spacial score (nSPS) is 11.1. The Morgan fingerprint density at radius 3 is 1.00 bits per heavy atom. The van der Waals surface area contributed by atoms with Crippen LogP contribution < -0.4 is 0 Å². The molecule has 0 saturated heterocycles. The van der Waals surface area contributed by atoms with Crippen molar-refractivity contribution in [2.45, 2.75) is 182 Å². The summed E-state index contributed by atoms with van der Waals surface area (Å²) in [6, 6.07) is 0. The van der Waals surface area contributed by atoms with Gasteiger partial charge in [0.05, 0.1) is 13.2 Å². The second-order valence-electron chi connectivity index (χ2n) is 11.1. The molecule has 0 bridgehead atoms. The second kappa shape index (κ2) is 37.4. The van der Waals surface area contributed by atoms with Crippen LogP contribution in [0.4, 0.5) is 0 Å². The summed E-state index contributed by atoms with van der Waals surface area (Å²) < 4.78 is 9.80. The van der Waals surface area contributed by atoms with Gasteiger partial charge in [-0.3, -0.25) is 9.59 Å². The molecule has 0 N–H and O–H groups in total. The van der Waals surface area contributed by atoms with E-state index in [4.69, 9.17) is 9.47 Å². The van der Waals surface area contributed by atoms with Crippen molar-refractivity contribution in [2.24, 2.45) is 0 Å². The first kappa shape index (κ1) is 40.6. The third kappa shape index (κ3) is 43.5. The van der Waals surface area contributed by atoms with Crippen LogP contribution in [0.5, 0.6) is 0 Å². The third-order valence-corrected chi connectivity index (χ3v) is 6.92. The largest absolute Gasteiger partial charge is 0.466 e. The lowest BCUT2D eigenvalue weighted by atomic mass is 10.1. The lowest BCUT2D eigenvalue weighted by molar-refractivity contribution is -0.142. The molecule has 0 spiro atoms. The number of ether oxygens (including phenoxy) is 2. The van der Waals surface area contributed by atoms with Crippen LogP contribution in [0, 0.1) is 0 Å². The zero-order valence-electron chi connectivity index (χ0n) is 27.3. The van der Waals surface area contributed by atoms with Crippen molar-refractivity contribution in [1.82, 2.24) is 0 Å². The first-order valence-electron chi connectivity index (χ1n) is 17.1. The van der Waals surface area contributed by atoms with Gasteiger partial charge in [-0.05, 0) is 57.8 Å². The standard InChI is InChI=1S/C20H38O2.C16H30O2/c1-3-4-5-6-7-8-9-10-11-12-13-14-15-16-17-18-19-22-20(2)21;1-3-4-5-6-7-8-9-10-11-12-13-14-15-18-16(2)17/h6-7H,3-5,8-19H2,1-2H3;7-8H,3-6,9-15H2,1-2H3/b7-6+;8-7+. The molecule has 0 radical (unpaired) electrons. The van der Waals surface area contributed by atoms with Gasteiger partial charge < -0.3 is 9.47 Å². The summed E-state index contributed by atoms with van der Waals surface area (Å²) in [6.07, 6.45) is 40.1. The Morgan fingerprint density at radius 2 is 0.675 bits per heavy atom. The van der Waals surface area contributed by atoms with E-state index < -0.39 is 0 Å². The van der Waals surface area contributed by atoms with Gasteiger partial charge in [-0.2, -0.15) is 0 Å². The summed E-state index contributed by atoms with van der Waals surface area (Å²) in [6.45, 7) is 8.62. The van der Waals surface area contributed by atoms with Gasteiger partial charge in [-0.25, -0.2) is 0 Å². The summed E-state index contributed by atoms with van der Waals surface area (Å²) in [7, 11) is 0. The van der Waals surface area contributed by atoms with Crippen molar-refractivity contribution in [1.29, 1.82) is 0 Å². The van der Waals surface area contributed by atoms with Gasteiger partial charge in [-0.1, -0.05) is 134 Å². The lowest BCUT2D eigenvalue weighted by Crippen LogP contribution is -2.00. The van der Waals surface area contributed by atoms with E-state index in [1.807, 2.05) is 0 Å². The van der Waals surface area contributed by atoms with E-state index in [-0.39, 0.29) is 11.9 Å². The van der Waals surface area contributed by atoms with Crippen LogP contribution in [0.25, 0.3) is 0 Å². The van der Waals surface area contributed by atoms with Crippen molar-refractivity contribution in [3.05, 3.63) is 24.3 Å². The number of allylic oxidation sites excluding steroid dienone is 4. The average molecular weight is 565 g/mol. The van der Waals surface area contributed by atoms with E-state index in [9.17, 15) is 9.59 Å². The smallest absolute Gasteiger partial charge is 0.302 e. The van der Waals surface area contributed by atoms with Crippen LogP contribution in [0.1, 0.15) is 182 Å². The number of hydrogen-bond acceptors (Lipinski definition) is 4. The van der Waals surface area contributed by atoms with Crippen LogP contribution in [0.3, 0.4) is 0 Å². The minimum atomic E-state index is -0.164. The van der Waals surface area contributed by atoms with Crippen molar-refractivity contribution in [3.63, 3.8) is 0 Å². The van der Waals surface area contributed by atoms with E-state index in [1.54, 1.807) is 0 Å². The lowest BCUT2D eigenvalue weighted by Gasteiger charge is -2.03. The van der Waals surface area contributed by atoms with Crippen molar-refractivity contribution in [3.8, 4) is 0 Å². The quantitative estimate of drug-likeness (QED) is 0.0538. The molecular formula is C36H68O4. The topological polar surface area (TPSA) is 52.6 Å². The zero-order chi connectivity index (χ0) is 29.8. The highest BCUT2D eigenvalue weighted by atomic mass is 16.5. The van der Waals surface area contributed by atoms with Crippen LogP contribution in [-0.2, 0) is 19.1 Å². The molecule has 0 heterocycles. The molecule has 0 amide bonds. The molecule has 40 heavy (non-hydrogen) atoms. The van der Waals surface area contributed by atoms with Crippen molar-refractivity contribution in [2.75, 3.05) is 13.2 Å². The van der Waals surface area contributed by atoms with Crippen LogP contribution >= 0.6 is 0 Å². The van der Waals surface area contributed by atoms with E-state index in [1.165, 1.54) is 155 Å². The monoisotopic (exact) mass is 565 g/mol. The number of carbonyl (C=O) groups is 2. The summed E-state index contributed by atoms with van der Waals surface area (Å²) in [5, 5.41) is 0. The Labute approximate surface area is 250 Å². The molecule has 0 unspecified atom stereocenters. The molecule has 0 aliphatic heterocycles. The average Bonchev–Trinajstić information content (AvgIpc) is 2.93. The van der Waals surface area contributed by atoms with Gasteiger partial charge in [0, 0.05) is 13.8 Å². The number of unbranched alkanes of at least 4 members (excludes halogenated alkanes) is 20. The van der Waals surface area contributed by atoms with Gasteiger partial charge in [-0.15, -0.1) is 0 Å². The zero-order valence-corrected chi connectivity index (χ0v) is 27.3. The molecule has 0 saturated carbocycles. The number of esters is 2. The summed E-state index contributed by atoms with van der Waals surface area (Å²) >= 11 is 0. The fourth-order valence-electron chi connectivity index (χ4n) is 4.41. The first-order valence-corrected chi connectivity index (χ1v) is 17.1. The van der Waals surface area contributed by atoms with Gasteiger partial charge in [0.25, 0.3) is 0 Å². The number of carbonyl (C=O) groups excluding carboxylic acids is 2. The van der Waals surface area contributed by atoms with E-state index in [0.29, 0.717) is 13.2 Å². The Balaban J connectivity index is 0. The van der Waals surface area contributed by atoms with E-state index >= 15 is 0 Å². The molecule has 0 rings (SSSR count). The molecule has 4 nitrogen and oxygen atoms in total. The highest BCUT2D eigenvalue weighted by Gasteiger charge is 1.95. The molecule has 0 aromatic rings. The molecule has 0 atom stereocenters. The Hall–Kier alpha value is -1.58. The molecule has 0 fully saturated rings. The molecule has 0 aliphatic carbocycles. The number of hydrogen-bond donors (Lipinski definition) is 0. The predicted octanol–water partition coefficient (Wildman–Crippen LogP) is 11.6. The van der Waals surface area contributed by atoms with Crippen molar-refractivity contribution < 1.29 is 19.1 Å². The molecule has 0 aliphatic rings. The van der Waals surface area contributed by atoms with Gasteiger partial charge >= 0.3 is 11.9 Å². The highest BCUT2D eigenvalue weighted by molar-refractivity contribution is 5.66. The molecule has 236 valence electrons. The maximum Gasteiger partial charge on any atom is 0.302 e. The van der Waals surface area contributed by atoms with E-state index in [2.05, 4.69) is 38.2 Å². The van der Waals surface area contributed by atoms with Gasteiger partial charge in [0.15, 0.2) is 0 Å².